The quantitative estimate of drug-likeness (QED) is 0.702. The highest BCUT2D eigenvalue weighted by Crippen LogP contribution is 2.39. The Kier molecular flexibility index (Phi) is 6.02. The van der Waals surface area contributed by atoms with E-state index in [1.54, 1.807) is 12.0 Å². The lowest BCUT2D eigenvalue weighted by molar-refractivity contribution is 0.112. The number of thiophene rings is 1. The summed E-state index contributed by atoms with van der Waals surface area (Å²) in [5, 5.41) is 4.14. The molecule has 1 aliphatic carbocycles. The van der Waals surface area contributed by atoms with Gasteiger partial charge in [-0.15, -0.1) is 11.3 Å². The van der Waals surface area contributed by atoms with Gasteiger partial charge >= 0.3 is 0 Å². The first-order valence-corrected chi connectivity index (χ1v) is 10.8. The van der Waals surface area contributed by atoms with Crippen molar-refractivity contribution in [3.63, 3.8) is 0 Å². The molecule has 2 aliphatic rings. The molecule has 2 aromatic rings. The summed E-state index contributed by atoms with van der Waals surface area (Å²) in [6.45, 7) is 2.74. The highest BCUT2D eigenvalue weighted by molar-refractivity contribution is 7.12. The van der Waals surface area contributed by atoms with Crippen LogP contribution < -0.4 is 0 Å². The molecular formula is C20H29N3O2S. The molecule has 6 heteroatoms. The lowest BCUT2D eigenvalue weighted by atomic mass is 10.0. The normalized spacial score (nSPS) is 22.3. The Morgan fingerprint density at radius 1 is 1.19 bits per heavy atom. The third kappa shape index (κ3) is 4.18. The smallest absolute Gasteiger partial charge is 0.244 e. The van der Waals surface area contributed by atoms with Gasteiger partial charge in [-0.3, -0.25) is 4.90 Å². The fraction of sp³-hybridized carbons (Fsp3) is 0.700. The molecular weight excluding hydrogens is 346 g/mol. The van der Waals surface area contributed by atoms with Crippen molar-refractivity contribution >= 4 is 11.3 Å². The Labute approximate surface area is 159 Å². The van der Waals surface area contributed by atoms with E-state index >= 15 is 0 Å². The number of hydrogen-bond donors (Lipinski definition) is 0. The molecule has 1 atom stereocenters. The fourth-order valence-corrected chi connectivity index (χ4v) is 5.47. The summed E-state index contributed by atoms with van der Waals surface area (Å²) in [6.07, 6.45) is 9.84. The number of aromatic nitrogens is 2. The van der Waals surface area contributed by atoms with Gasteiger partial charge in [0.05, 0.1) is 12.6 Å². The van der Waals surface area contributed by atoms with Crippen LogP contribution in [0.5, 0.6) is 0 Å². The van der Waals surface area contributed by atoms with Crippen molar-refractivity contribution in [3.8, 4) is 0 Å². The first-order valence-electron chi connectivity index (χ1n) is 9.97. The van der Waals surface area contributed by atoms with Crippen LogP contribution >= 0.6 is 11.3 Å². The van der Waals surface area contributed by atoms with Gasteiger partial charge in [-0.25, -0.2) is 0 Å². The summed E-state index contributed by atoms with van der Waals surface area (Å²) in [4.78, 5) is 10.2. The van der Waals surface area contributed by atoms with Crippen LogP contribution in [0.15, 0.2) is 16.7 Å². The maximum Gasteiger partial charge on any atom is 0.244 e. The number of piperidine rings is 1. The highest BCUT2D eigenvalue weighted by Gasteiger charge is 2.29. The lowest BCUT2D eigenvalue weighted by Gasteiger charge is -2.32. The first-order chi connectivity index (χ1) is 12.8. The van der Waals surface area contributed by atoms with E-state index < -0.39 is 0 Å². The van der Waals surface area contributed by atoms with Crippen molar-refractivity contribution < 1.29 is 9.26 Å². The molecule has 2 aromatic heterocycles. The first kappa shape index (κ1) is 18.1. The zero-order valence-electron chi connectivity index (χ0n) is 15.7. The van der Waals surface area contributed by atoms with E-state index in [0.29, 0.717) is 13.0 Å². The van der Waals surface area contributed by atoms with E-state index in [1.165, 1.54) is 43.4 Å². The van der Waals surface area contributed by atoms with E-state index in [0.717, 1.165) is 37.1 Å². The average Bonchev–Trinajstić information content (AvgIpc) is 3.41. The zero-order valence-corrected chi connectivity index (χ0v) is 16.5. The second kappa shape index (κ2) is 8.63. The van der Waals surface area contributed by atoms with E-state index in [9.17, 15) is 0 Å². The van der Waals surface area contributed by atoms with Crippen molar-refractivity contribution in [2.24, 2.45) is 0 Å². The zero-order chi connectivity index (χ0) is 17.8. The van der Waals surface area contributed by atoms with Crippen LogP contribution in [0, 0.1) is 0 Å². The van der Waals surface area contributed by atoms with Gasteiger partial charge in [0.1, 0.15) is 0 Å². The third-order valence-corrected chi connectivity index (χ3v) is 6.94. The van der Waals surface area contributed by atoms with Crippen LogP contribution in [0.3, 0.4) is 0 Å². The number of nitrogens with zero attached hydrogens (tertiary/aromatic N) is 3. The molecule has 0 N–H and O–H groups in total. The summed E-state index contributed by atoms with van der Waals surface area (Å²) in [5.74, 6) is 2.35. The van der Waals surface area contributed by atoms with Crippen molar-refractivity contribution in [2.75, 3.05) is 20.3 Å². The van der Waals surface area contributed by atoms with Crippen LogP contribution in [-0.4, -0.2) is 35.3 Å². The van der Waals surface area contributed by atoms with Crippen molar-refractivity contribution in [2.45, 2.75) is 69.9 Å². The highest BCUT2D eigenvalue weighted by atomic mass is 32.1. The number of rotatable bonds is 7. The van der Waals surface area contributed by atoms with Gasteiger partial charge in [0.25, 0.3) is 0 Å². The molecule has 0 radical (unpaired) electrons. The topological polar surface area (TPSA) is 51.4 Å². The number of likely N-dealkylation sites (tertiary alicyclic amines) is 1. The Morgan fingerprint density at radius 2 is 2.04 bits per heavy atom. The molecule has 0 aromatic carbocycles. The van der Waals surface area contributed by atoms with Gasteiger partial charge in [0.15, 0.2) is 5.82 Å². The maximum absolute atomic E-state index is 5.60. The predicted octanol–water partition coefficient (Wildman–Crippen LogP) is 4.70. The summed E-state index contributed by atoms with van der Waals surface area (Å²) in [6, 6.07) is 4.95. The SMILES string of the molecule is COCCc1noc(C2CCCCN2Cc2ccc(C3CCCC3)s2)n1. The summed E-state index contributed by atoms with van der Waals surface area (Å²) < 4.78 is 10.7. The molecule has 1 unspecified atom stereocenters. The lowest BCUT2D eigenvalue weighted by Crippen LogP contribution is -2.32. The minimum atomic E-state index is 0.254. The molecule has 142 valence electrons. The van der Waals surface area contributed by atoms with Crippen LogP contribution in [0.4, 0.5) is 0 Å². The number of methoxy groups -OCH3 is 1. The van der Waals surface area contributed by atoms with Gasteiger partial charge in [0, 0.05) is 29.8 Å². The Bertz CT molecular complexity index is 693. The molecule has 1 saturated heterocycles. The van der Waals surface area contributed by atoms with E-state index in [2.05, 4.69) is 27.2 Å². The van der Waals surface area contributed by atoms with Gasteiger partial charge in [-0.05, 0) is 50.3 Å². The minimum absolute atomic E-state index is 0.254. The molecule has 0 bridgehead atoms. The fourth-order valence-electron chi connectivity index (χ4n) is 4.27. The van der Waals surface area contributed by atoms with Crippen LogP contribution in [-0.2, 0) is 17.7 Å². The molecule has 1 saturated carbocycles. The number of ether oxygens (including phenoxy) is 1. The van der Waals surface area contributed by atoms with E-state index in [4.69, 9.17) is 9.26 Å². The summed E-state index contributed by atoms with van der Waals surface area (Å²) in [5.41, 5.74) is 0. The summed E-state index contributed by atoms with van der Waals surface area (Å²) >= 11 is 2.01. The maximum atomic E-state index is 5.60. The summed E-state index contributed by atoms with van der Waals surface area (Å²) in [7, 11) is 1.70. The largest absolute Gasteiger partial charge is 0.384 e. The predicted molar refractivity (Wildman–Crippen MR) is 102 cm³/mol. The Morgan fingerprint density at radius 3 is 2.88 bits per heavy atom. The van der Waals surface area contributed by atoms with Crippen LogP contribution in [0.2, 0.25) is 0 Å². The van der Waals surface area contributed by atoms with E-state index in [-0.39, 0.29) is 6.04 Å². The van der Waals surface area contributed by atoms with Gasteiger partial charge in [-0.2, -0.15) is 4.98 Å². The van der Waals surface area contributed by atoms with Crippen LogP contribution in [0.1, 0.15) is 78.4 Å². The van der Waals surface area contributed by atoms with Gasteiger partial charge < -0.3 is 9.26 Å². The minimum Gasteiger partial charge on any atom is -0.384 e. The molecule has 0 amide bonds. The molecule has 26 heavy (non-hydrogen) atoms. The van der Waals surface area contributed by atoms with Crippen molar-refractivity contribution in [3.05, 3.63) is 33.6 Å². The average molecular weight is 376 g/mol. The molecule has 0 spiro atoms. The van der Waals surface area contributed by atoms with Crippen molar-refractivity contribution in [1.82, 2.24) is 15.0 Å². The molecule has 1 aliphatic heterocycles. The van der Waals surface area contributed by atoms with Crippen molar-refractivity contribution in [1.29, 1.82) is 0 Å². The second-order valence-electron chi connectivity index (χ2n) is 7.56. The molecule has 4 rings (SSSR count). The third-order valence-electron chi connectivity index (χ3n) is 5.71. The molecule has 5 nitrogen and oxygen atoms in total. The Hall–Kier alpha value is -1.24. The molecule has 3 heterocycles. The standard InChI is InChI=1S/C20H29N3O2S/c1-24-13-11-19-21-20(25-22-19)17-8-4-5-12-23(17)14-16-9-10-18(26-16)15-6-2-3-7-15/h9-10,15,17H,2-8,11-14H2,1H3. The monoisotopic (exact) mass is 375 g/mol. The second-order valence-corrected chi connectivity index (χ2v) is 8.76. The van der Waals surface area contributed by atoms with Gasteiger partial charge in [0.2, 0.25) is 5.89 Å². The Balaban J connectivity index is 1.43. The van der Waals surface area contributed by atoms with Crippen LogP contribution in [0.25, 0.3) is 0 Å². The molecule has 2 fully saturated rings. The number of hydrogen-bond acceptors (Lipinski definition) is 6. The van der Waals surface area contributed by atoms with E-state index in [1.807, 2.05) is 11.3 Å². The van der Waals surface area contributed by atoms with Gasteiger partial charge in [-0.1, -0.05) is 24.4 Å².